The van der Waals surface area contributed by atoms with E-state index in [1.54, 1.807) is 33.0 Å². The van der Waals surface area contributed by atoms with Crippen molar-refractivity contribution >= 4 is 12.1 Å². The average Bonchev–Trinajstić information content (AvgIpc) is 2.60. The quantitative estimate of drug-likeness (QED) is 0.623. The molecule has 0 radical (unpaired) electrons. The molecule has 0 saturated heterocycles. The molecule has 0 amide bonds. The van der Waals surface area contributed by atoms with E-state index >= 15 is 0 Å². The lowest BCUT2D eigenvalue weighted by Gasteiger charge is -1.93. The Hall–Kier alpha value is -1.37. The lowest BCUT2D eigenvalue weighted by molar-refractivity contribution is 0.845. The van der Waals surface area contributed by atoms with Gasteiger partial charge in [0.1, 0.15) is 12.1 Å². The maximum absolute atomic E-state index is 3.73. The van der Waals surface area contributed by atoms with E-state index in [1.807, 2.05) is 0 Å². The Balaban J connectivity index is 2.14. The molecule has 0 aliphatic rings. The highest BCUT2D eigenvalue weighted by molar-refractivity contribution is 7.96. The lowest BCUT2D eigenvalue weighted by atomic mass is 11.0. The lowest BCUT2D eigenvalue weighted by Crippen LogP contribution is -1.95. The normalized spacial score (nSPS) is 10.2. The molecule has 0 aliphatic carbocycles. The zero-order valence-electron chi connectivity index (χ0n) is 5.40. The van der Waals surface area contributed by atoms with Gasteiger partial charge in [-0.05, 0) is 0 Å². The van der Waals surface area contributed by atoms with Crippen molar-refractivity contribution in [1.29, 1.82) is 0 Å². The molecule has 2 heterocycles. The van der Waals surface area contributed by atoms with Gasteiger partial charge in [-0.15, -0.1) is 10.2 Å². The van der Waals surface area contributed by atoms with Gasteiger partial charge in [0.05, 0.1) is 24.8 Å². The molecule has 0 aliphatic heterocycles. The molecule has 2 aromatic rings. The molecule has 0 unspecified atom stereocenters. The second-order valence-electron chi connectivity index (χ2n) is 1.69. The van der Waals surface area contributed by atoms with E-state index in [2.05, 4.69) is 20.6 Å². The zero-order chi connectivity index (χ0) is 7.52. The first kappa shape index (κ1) is 6.35. The fourth-order valence-corrected chi connectivity index (χ4v) is 1.11. The summed E-state index contributed by atoms with van der Waals surface area (Å²) in [6.07, 6.45) is 6.66. The minimum absolute atomic E-state index is 1.29. The van der Waals surface area contributed by atoms with Crippen LogP contribution in [0.4, 0.5) is 0 Å². The van der Waals surface area contributed by atoms with Crippen molar-refractivity contribution in [2.24, 2.45) is 0 Å². The fraction of sp³-hybridized carbons (Fsp3) is 0. The number of hydrogen-bond donors (Lipinski definition) is 0. The van der Waals surface area contributed by atoms with Gasteiger partial charge in [-0.1, -0.05) is 10.4 Å². The number of nitrogens with zero attached hydrogens (tertiary/aromatic N) is 6. The van der Waals surface area contributed by atoms with Gasteiger partial charge in [0.2, 0.25) is 0 Å². The van der Waals surface area contributed by atoms with Gasteiger partial charge >= 0.3 is 0 Å². The van der Waals surface area contributed by atoms with Crippen LogP contribution in [-0.4, -0.2) is 28.8 Å². The van der Waals surface area contributed by atoms with Gasteiger partial charge in [0.15, 0.2) is 0 Å². The first-order valence-corrected chi connectivity index (χ1v) is 3.59. The van der Waals surface area contributed by atoms with E-state index in [0.29, 0.717) is 0 Å². The van der Waals surface area contributed by atoms with Crippen molar-refractivity contribution in [2.75, 3.05) is 0 Å². The summed E-state index contributed by atoms with van der Waals surface area (Å²) in [6.45, 7) is 0. The van der Waals surface area contributed by atoms with Gasteiger partial charge in [-0.2, -0.15) is 8.17 Å². The van der Waals surface area contributed by atoms with Crippen LogP contribution in [0.15, 0.2) is 24.8 Å². The maximum atomic E-state index is 3.73. The highest BCUT2D eigenvalue weighted by Gasteiger charge is 1.94. The molecule has 0 bridgehead atoms. The third kappa shape index (κ3) is 1.37. The van der Waals surface area contributed by atoms with Crippen LogP contribution in [0.25, 0.3) is 0 Å². The van der Waals surface area contributed by atoms with E-state index in [0.717, 1.165) is 0 Å². The third-order valence-corrected chi connectivity index (χ3v) is 1.69. The van der Waals surface area contributed by atoms with Crippen molar-refractivity contribution in [2.45, 2.75) is 0 Å². The van der Waals surface area contributed by atoms with Crippen LogP contribution in [0.2, 0.25) is 0 Å². The van der Waals surface area contributed by atoms with E-state index in [-0.39, 0.29) is 0 Å². The monoisotopic (exact) mass is 168 g/mol. The molecule has 0 saturated carbocycles. The molecule has 7 heteroatoms. The van der Waals surface area contributed by atoms with Crippen molar-refractivity contribution in [3.63, 3.8) is 0 Å². The molecule has 0 spiro atoms. The van der Waals surface area contributed by atoms with Gasteiger partial charge < -0.3 is 0 Å². The van der Waals surface area contributed by atoms with E-state index in [1.165, 1.54) is 12.1 Å². The van der Waals surface area contributed by atoms with Crippen LogP contribution in [0, 0.1) is 0 Å². The second kappa shape index (κ2) is 2.70. The molecule has 0 atom stereocenters. The van der Waals surface area contributed by atoms with Crippen molar-refractivity contribution in [3.05, 3.63) is 24.8 Å². The smallest absolute Gasteiger partial charge is 0.119 e. The van der Waals surface area contributed by atoms with Crippen LogP contribution in [0.3, 0.4) is 0 Å². The second-order valence-corrected chi connectivity index (χ2v) is 2.60. The van der Waals surface area contributed by atoms with Gasteiger partial charge in [-0.25, -0.2) is 0 Å². The van der Waals surface area contributed by atoms with E-state index < -0.39 is 0 Å². The van der Waals surface area contributed by atoms with E-state index in [4.69, 9.17) is 0 Å². The topological polar surface area (TPSA) is 61.4 Å². The molecular weight excluding hydrogens is 164 g/mol. The van der Waals surface area contributed by atoms with E-state index in [9.17, 15) is 0 Å². The summed E-state index contributed by atoms with van der Waals surface area (Å²) in [4.78, 5) is 0. The highest BCUT2D eigenvalue weighted by atomic mass is 32.2. The van der Waals surface area contributed by atoms with Crippen molar-refractivity contribution in [1.82, 2.24) is 28.8 Å². The Morgan fingerprint density at radius 3 is 1.82 bits per heavy atom. The van der Waals surface area contributed by atoms with Crippen LogP contribution in [0.1, 0.15) is 0 Å². The minimum Gasteiger partial charge on any atom is -0.172 e. The summed E-state index contributed by atoms with van der Waals surface area (Å²) in [5, 5.41) is 14.7. The van der Waals surface area contributed by atoms with Crippen molar-refractivity contribution < 1.29 is 0 Å². The van der Waals surface area contributed by atoms with Gasteiger partial charge in [-0.3, -0.25) is 0 Å². The predicted octanol–water partition coefficient (Wildman–Crippen LogP) is -0.171. The summed E-state index contributed by atoms with van der Waals surface area (Å²) < 4.78 is 3.16. The first-order valence-electron chi connectivity index (χ1n) is 2.86. The van der Waals surface area contributed by atoms with Gasteiger partial charge in [0, 0.05) is 0 Å². The summed E-state index contributed by atoms with van der Waals surface area (Å²) in [6, 6.07) is 0. The Morgan fingerprint density at radius 1 is 0.909 bits per heavy atom. The molecule has 0 fully saturated rings. The molecule has 0 aromatic carbocycles. The minimum atomic E-state index is 1.29. The summed E-state index contributed by atoms with van der Waals surface area (Å²) in [5.74, 6) is 0. The number of aromatic nitrogens is 6. The Kier molecular flexibility index (Phi) is 1.56. The molecule has 2 rings (SSSR count). The van der Waals surface area contributed by atoms with Crippen LogP contribution in [0.5, 0.6) is 0 Å². The maximum Gasteiger partial charge on any atom is 0.119 e. The van der Waals surface area contributed by atoms with Crippen LogP contribution < -0.4 is 0 Å². The number of rotatable bonds is 2. The predicted molar refractivity (Wildman–Crippen MR) is 38.4 cm³/mol. The Labute approximate surface area is 66.5 Å². The molecule has 6 nitrogen and oxygen atoms in total. The highest BCUT2D eigenvalue weighted by Crippen LogP contribution is 2.02. The Morgan fingerprint density at radius 2 is 1.45 bits per heavy atom. The summed E-state index contributed by atoms with van der Waals surface area (Å²) in [7, 11) is 0. The molecule has 11 heavy (non-hydrogen) atoms. The summed E-state index contributed by atoms with van der Waals surface area (Å²) >= 11 is 1.29. The largest absolute Gasteiger partial charge is 0.172 e. The number of hydrogen-bond acceptors (Lipinski definition) is 5. The fourth-order valence-electron chi connectivity index (χ4n) is 0.568. The van der Waals surface area contributed by atoms with Crippen molar-refractivity contribution in [3.8, 4) is 0 Å². The summed E-state index contributed by atoms with van der Waals surface area (Å²) in [5.41, 5.74) is 0. The third-order valence-electron chi connectivity index (χ3n) is 0.969. The SMILES string of the molecule is c1cn(Sn2ccnn2)nn1. The van der Waals surface area contributed by atoms with Crippen LogP contribution in [-0.2, 0) is 0 Å². The Bertz CT molecular complexity index is 267. The zero-order valence-corrected chi connectivity index (χ0v) is 6.22. The van der Waals surface area contributed by atoms with Crippen LogP contribution >= 0.6 is 12.1 Å². The molecule has 0 N–H and O–H groups in total. The standard InChI is InChI=1S/C4H4N6S/c1-3-9(7-5-1)11-10-4-2-6-8-10/h1-4H. The molecular formula is C4H4N6S. The molecule has 56 valence electrons. The van der Waals surface area contributed by atoms with Gasteiger partial charge in [0.25, 0.3) is 0 Å². The molecule has 2 aromatic heterocycles. The average molecular weight is 168 g/mol. The first-order chi connectivity index (χ1) is 5.45.